The number of methoxy groups -OCH3 is 2. The van der Waals surface area contributed by atoms with Gasteiger partial charge in [0.1, 0.15) is 29.6 Å². The van der Waals surface area contributed by atoms with Crippen molar-refractivity contribution in [3.8, 4) is 0 Å². The Bertz CT molecular complexity index is 1330. The molecule has 1 heterocycles. The summed E-state index contributed by atoms with van der Waals surface area (Å²) in [5.74, 6) is -1.68. The Morgan fingerprint density at radius 3 is 2.45 bits per heavy atom. The van der Waals surface area contributed by atoms with Gasteiger partial charge in [-0.2, -0.15) is 17.5 Å². The van der Waals surface area contributed by atoms with E-state index in [1.54, 1.807) is 18.2 Å². The number of allylic oxidation sites excluding steroid dienone is 5. The van der Waals surface area contributed by atoms with Gasteiger partial charge in [0.2, 0.25) is 10.0 Å². The number of carbonyl (C=O) groups is 1. The average Bonchev–Trinajstić information content (AvgIpc) is 2.96. The number of sulfonamides is 1. The third-order valence-electron chi connectivity index (χ3n) is 7.23. The predicted molar refractivity (Wildman–Crippen MR) is 138 cm³/mol. The van der Waals surface area contributed by atoms with Crippen LogP contribution in [0, 0.1) is 5.92 Å². The Labute approximate surface area is 230 Å². The molecule has 13 heteroatoms. The van der Waals surface area contributed by atoms with E-state index >= 15 is 0 Å². The highest BCUT2D eigenvalue weighted by Gasteiger charge is 2.45. The van der Waals surface area contributed by atoms with Crippen LogP contribution >= 0.6 is 0 Å². The van der Waals surface area contributed by atoms with E-state index in [1.807, 2.05) is 6.08 Å². The number of amides is 1. The Hall–Kier alpha value is -3.13. The minimum Gasteiger partial charge on any atom is -0.498 e. The number of hydrogen-bond donors (Lipinski definition) is 2. The molecule has 0 radical (unpaired) electrons. The maximum absolute atomic E-state index is 13.5. The van der Waals surface area contributed by atoms with Crippen molar-refractivity contribution in [1.82, 2.24) is 9.79 Å². The van der Waals surface area contributed by atoms with Gasteiger partial charge in [-0.15, -0.1) is 0 Å². The summed E-state index contributed by atoms with van der Waals surface area (Å²) >= 11 is 0. The van der Waals surface area contributed by atoms with Crippen molar-refractivity contribution in [2.75, 3.05) is 27.3 Å². The fourth-order valence-corrected chi connectivity index (χ4v) is 6.89. The smallest absolute Gasteiger partial charge is 0.416 e. The first kappa shape index (κ1) is 29.8. The van der Waals surface area contributed by atoms with Gasteiger partial charge >= 0.3 is 6.18 Å². The number of nitrogens with zero attached hydrogens (tertiary/aromatic N) is 1. The van der Waals surface area contributed by atoms with Crippen LogP contribution in [0.2, 0.25) is 0 Å². The minimum atomic E-state index is -4.41. The van der Waals surface area contributed by atoms with E-state index in [0.29, 0.717) is 30.6 Å². The molecule has 1 aliphatic heterocycles. The van der Waals surface area contributed by atoms with Gasteiger partial charge in [0.25, 0.3) is 5.91 Å². The maximum Gasteiger partial charge on any atom is 0.416 e. The molecule has 2 N–H and O–H groups in total. The van der Waals surface area contributed by atoms with Gasteiger partial charge in [-0.1, -0.05) is 24.3 Å². The first-order chi connectivity index (χ1) is 19.0. The molecule has 0 spiro atoms. The van der Waals surface area contributed by atoms with Gasteiger partial charge in [0.05, 0.1) is 17.6 Å². The van der Waals surface area contributed by atoms with Crippen LogP contribution in [-0.2, 0) is 35.2 Å². The topological polar surface area (TPSA) is 114 Å². The molecule has 3 atom stereocenters. The summed E-state index contributed by atoms with van der Waals surface area (Å²) in [6, 6.07) is 5.26. The summed E-state index contributed by atoms with van der Waals surface area (Å²) in [5.41, 5.74) is 1.39. The van der Waals surface area contributed by atoms with Crippen LogP contribution in [0.3, 0.4) is 0 Å². The Kier molecular flexibility index (Phi) is 9.08. The zero-order valence-corrected chi connectivity index (χ0v) is 22.7. The molecule has 1 aromatic rings. The summed E-state index contributed by atoms with van der Waals surface area (Å²) in [7, 11) is -1.42. The molecule has 1 fully saturated rings. The Balaban J connectivity index is 1.38. The second-order valence-corrected chi connectivity index (χ2v) is 11.5. The first-order valence-electron chi connectivity index (χ1n) is 12.6. The van der Waals surface area contributed by atoms with E-state index in [9.17, 15) is 31.6 Å². The molecule has 218 valence electrons. The van der Waals surface area contributed by atoms with Gasteiger partial charge < -0.3 is 14.2 Å². The number of hydrogen-bond acceptors (Lipinski definition) is 7. The summed E-state index contributed by atoms with van der Waals surface area (Å²) in [6.07, 6.45) is 3.59. The molecule has 9 nitrogen and oxygen atoms in total. The maximum atomic E-state index is 13.5. The number of nitrogens with one attached hydrogen (secondary N) is 1. The largest absolute Gasteiger partial charge is 0.498 e. The lowest BCUT2D eigenvalue weighted by atomic mass is 9.91. The van der Waals surface area contributed by atoms with Crippen LogP contribution in [0.15, 0.2) is 71.1 Å². The number of rotatable bonds is 8. The van der Waals surface area contributed by atoms with E-state index in [0.717, 1.165) is 12.1 Å². The molecule has 1 amide bonds. The normalized spacial score (nSPS) is 24.6. The molecular formula is C27H31F3N2O7S. The number of alkyl halides is 3. The monoisotopic (exact) mass is 584 g/mol. The second-order valence-electron chi connectivity index (χ2n) is 9.60. The predicted octanol–water partition coefficient (Wildman–Crippen LogP) is 4.01. The highest BCUT2D eigenvalue weighted by Crippen LogP contribution is 2.36. The molecular weight excluding hydrogens is 553 g/mol. The quantitative estimate of drug-likeness (QED) is 0.351. The van der Waals surface area contributed by atoms with Crippen LogP contribution in [-0.4, -0.2) is 63.4 Å². The van der Waals surface area contributed by atoms with Crippen LogP contribution in [0.25, 0.3) is 0 Å². The molecule has 1 saturated heterocycles. The van der Waals surface area contributed by atoms with Gasteiger partial charge in [-0.25, -0.2) is 13.9 Å². The number of benzene rings is 1. The van der Waals surface area contributed by atoms with Crippen molar-refractivity contribution >= 4 is 15.9 Å². The van der Waals surface area contributed by atoms with Crippen molar-refractivity contribution in [2.45, 2.75) is 43.6 Å². The van der Waals surface area contributed by atoms with E-state index < -0.39 is 39.7 Å². The van der Waals surface area contributed by atoms with E-state index in [-0.39, 0.29) is 35.8 Å². The molecule has 0 saturated carbocycles. The molecule has 3 unspecified atom stereocenters. The summed E-state index contributed by atoms with van der Waals surface area (Å²) < 4.78 is 84.1. The Morgan fingerprint density at radius 2 is 1.88 bits per heavy atom. The molecule has 1 aromatic carbocycles. The third-order valence-corrected chi connectivity index (χ3v) is 9.26. The third kappa shape index (κ3) is 6.27. The van der Waals surface area contributed by atoms with Gasteiger partial charge in [0, 0.05) is 26.1 Å². The molecule has 0 bridgehead atoms. The van der Waals surface area contributed by atoms with Crippen molar-refractivity contribution in [3.63, 3.8) is 0 Å². The molecule has 40 heavy (non-hydrogen) atoms. The first-order valence-corrected chi connectivity index (χ1v) is 14.1. The fourth-order valence-electron chi connectivity index (χ4n) is 5.11. The van der Waals surface area contributed by atoms with Crippen LogP contribution < -0.4 is 5.48 Å². The molecule has 2 aliphatic carbocycles. The number of hydroxylamine groups is 1. The minimum absolute atomic E-state index is 0.139. The van der Waals surface area contributed by atoms with Crippen molar-refractivity contribution in [3.05, 3.63) is 82.2 Å². The highest BCUT2D eigenvalue weighted by atomic mass is 32.2. The lowest BCUT2D eigenvalue weighted by molar-refractivity contribution is -0.137. The summed E-state index contributed by atoms with van der Waals surface area (Å²) in [6.45, 7) is 0.278. The zero-order chi connectivity index (χ0) is 29.1. The van der Waals surface area contributed by atoms with Crippen LogP contribution in [0.4, 0.5) is 13.2 Å². The van der Waals surface area contributed by atoms with E-state index in [2.05, 4.69) is 0 Å². The molecule has 4 rings (SSSR count). The fraction of sp³-hybridized carbons (Fsp3) is 0.444. The van der Waals surface area contributed by atoms with Crippen LogP contribution in [0.1, 0.15) is 36.3 Å². The average molecular weight is 585 g/mol. The van der Waals surface area contributed by atoms with E-state index in [1.165, 1.54) is 42.2 Å². The van der Waals surface area contributed by atoms with Crippen molar-refractivity contribution in [1.29, 1.82) is 0 Å². The second kappa shape index (κ2) is 12.2. The van der Waals surface area contributed by atoms with Gasteiger partial charge in [-0.05, 0) is 55.2 Å². The SMILES string of the molecule is COC1=CC=C(S(=O)(=O)N2CCC(OC3=CCC(c4cccc(C(F)(F)F)c4)C=C3)CC2)C(C(=O)NO)C1OC. The lowest BCUT2D eigenvalue weighted by Gasteiger charge is -2.35. The van der Waals surface area contributed by atoms with Crippen LogP contribution in [0.5, 0.6) is 0 Å². The highest BCUT2D eigenvalue weighted by molar-refractivity contribution is 7.93. The lowest BCUT2D eigenvalue weighted by Crippen LogP contribution is -2.47. The van der Waals surface area contributed by atoms with Gasteiger partial charge in [0.15, 0.2) is 0 Å². The van der Waals surface area contributed by atoms with Crippen molar-refractivity contribution in [2.24, 2.45) is 5.92 Å². The number of ether oxygens (including phenoxy) is 3. The van der Waals surface area contributed by atoms with Crippen molar-refractivity contribution < 1.29 is 45.8 Å². The van der Waals surface area contributed by atoms with Gasteiger partial charge in [-0.3, -0.25) is 10.0 Å². The van der Waals surface area contributed by atoms with E-state index in [4.69, 9.17) is 14.2 Å². The zero-order valence-electron chi connectivity index (χ0n) is 21.9. The standard InChI is InChI=1S/C27H31F3N2O7S/c1-37-22-10-11-23(24(25(22)38-2)26(33)31-34)40(35,36)32-14-12-21(13-15-32)39-20-8-6-17(7-9-20)18-4-3-5-19(16-18)27(28,29)30/h3-6,8-11,16-17,21,24-25,34H,7,12-15H2,1-2H3,(H,31,33). The summed E-state index contributed by atoms with van der Waals surface area (Å²) in [5, 5.41) is 9.25. The number of carbonyl (C=O) groups excluding carboxylic acids is 1. The summed E-state index contributed by atoms with van der Waals surface area (Å²) in [4.78, 5) is 12.2. The Morgan fingerprint density at radius 1 is 1.15 bits per heavy atom. The number of piperidine rings is 1. The molecule has 0 aromatic heterocycles. The molecule has 3 aliphatic rings. The number of halogens is 3.